The topological polar surface area (TPSA) is 12.0 Å². The summed E-state index contributed by atoms with van der Waals surface area (Å²) < 4.78 is 1.21. The van der Waals surface area contributed by atoms with Crippen LogP contribution in [0.15, 0.2) is 40.2 Å². The molecule has 0 spiro atoms. The third-order valence-electron chi connectivity index (χ3n) is 3.67. The SMILES string of the molecule is CCNC(Cc1ccc(C(C)(C)C)cc1)c1sccc1Br. The molecular weight excluding hydrogens is 342 g/mol. The van der Waals surface area contributed by atoms with Crippen LogP contribution in [0.3, 0.4) is 0 Å². The molecular formula is C18H24BrNS. The Kier molecular flexibility index (Phi) is 5.64. The predicted molar refractivity (Wildman–Crippen MR) is 97.3 cm³/mol. The molecule has 0 radical (unpaired) electrons. The number of benzene rings is 1. The van der Waals surface area contributed by atoms with Gasteiger partial charge in [0.2, 0.25) is 0 Å². The van der Waals surface area contributed by atoms with Crippen LogP contribution in [0.1, 0.15) is 49.7 Å². The van der Waals surface area contributed by atoms with E-state index < -0.39 is 0 Å². The second-order valence-electron chi connectivity index (χ2n) is 6.39. The van der Waals surface area contributed by atoms with Crippen molar-refractivity contribution in [1.82, 2.24) is 5.32 Å². The van der Waals surface area contributed by atoms with Crippen LogP contribution in [0.25, 0.3) is 0 Å². The lowest BCUT2D eigenvalue weighted by Gasteiger charge is -2.21. The lowest BCUT2D eigenvalue weighted by molar-refractivity contribution is 0.555. The second kappa shape index (κ2) is 7.08. The monoisotopic (exact) mass is 365 g/mol. The van der Waals surface area contributed by atoms with Crippen LogP contribution in [0.2, 0.25) is 0 Å². The van der Waals surface area contributed by atoms with Gasteiger partial charge in [-0.05, 0) is 56.9 Å². The summed E-state index contributed by atoms with van der Waals surface area (Å²) in [4.78, 5) is 1.39. The van der Waals surface area contributed by atoms with Gasteiger partial charge in [-0.2, -0.15) is 0 Å². The maximum absolute atomic E-state index is 3.66. The van der Waals surface area contributed by atoms with E-state index in [0.29, 0.717) is 6.04 Å². The summed E-state index contributed by atoms with van der Waals surface area (Å²) in [5.74, 6) is 0. The molecule has 0 fully saturated rings. The molecule has 0 aliphatic rings. The number of hydrogen-bond donors (Lipinski definition) is 1. The maximum atomic E-state index is 3.66. The van der Waals surface area contributed by atoms with Gasteiger partial charge in [-0.25, -0.2) is 0 Å². The Labute approximate surface area is 140 Å². The number of nitrogens with one attached hydrogen (secondary N) is 1. The highest BCUT2D eigenvalue weighted by Gasteiger charge is 2.17. The van der Waals surface area contributed by atoms with Crippen LogP contribution in [0.5, 0.6) is 0 Å². The molecule has 1 atom stereocenters. The molecule has 0 aliphatic carbocycles. The van der Waals surface area contributed by atoms with Crippen LogP contribution in [-0.2, 0) is 11.8 Å². The van der Waals surface area contributed by atoms with E-state index in [1.807, 2.05) is 11.3 Å². The minimum atomic E-state index is 0.219. The van der Waals surface area contributed by atoms with Crippen LogP contribution >= 0.6 is 27.3 Å². The van der Waals surface area contributed by atoms with Crippen LogP contribution in [0, 0.1) is 0 Å². The molecule has 0 aliphatic heterocycles. The Bertz CT molecular complexity index is 566. The van der Waals surface area contributed by atoms with E-state index >= 15 is 0 Å². The van der Waals surface area contributed by atoms with E-state index in [-0.39, 0.29) is 5.41 Å². The Morgan fingerprint density at radius 1 is 1.14 bits per heavy atom. The largest absolute Gasteiger partial charge is 0.309 e. The van der Waals surface area contributed by atoms with Gasteiger partial charge in [0.15, 0.2) is 0 Å². The van der Waals surface area contributed by atoms with Crippen molar-refractivity contribution in [3.05, 3.63) is 56.2 Å². The number of rotatable bonds is 5. The second-order valence-corrected chi connectivity index (χ2v) is 8.20. The molecule has 1 aromatic heterocycles. The van der Waals surface area contributed by atoms with Gasteiger partial charge >= 0.3 is 0 Å². The minimum Gasteiger partial charge on any atom is -0.309 e. The van der Waals surface area contributed by atoms with E-state index in [1.165, 1.54) is 20.5 Å². The average Bonchev–Trinajstić information content (AvgIpc) is 2.84. The number of hydrogen-bond acceptors (Lipinski definition) is 2. The Morgan fingerprint density at radius 3 is 2.29 bits per heavy atom. The average molecular weight is 366 g/mol. The van der Waals surface area contributed by atoms with Crippen LogP contribution < -0.4 is 5.32 Å². The summed E-state index contributed by atoms with van der Waals surface area (Å²) in [5.41, 5.74) is 2.99. The molecule has 1 N–H and O–H groups in total. The van der Waals surface area contributed by atoms with Gasteiger partial charge in [-0.1, -0.05) is 52.0 Å². The zero-order valence-electron chi connectivity index (χ0n) is 13.2. The summed E-state index contributed by atoms with van der Waals surface area (Å²) in [6.45, 7) is 9.91. The van der Waals surface area contributed by atoms with E-state index in [4.69, 9.17) is 0 Å². The lowest BCUT2D eigenvalue weighted by atomic mass is 9.86. The van der Waals surface area contributed by atoms with Gasteiger partial charge in [0.1, 0.15) is 0 Å². The van der Waals surface area contributed by atoms with Gasteiger partial charge in [0.05, 0.1) is 0 Å². The van der Waals surface area contributed by atoms with Crippen molar-refractivity contribution in [2.45, 2.75) is 45.6 Å². The van der Waals surface area contributed by atoms with Crippen molar-refractivity contribution in [1.29, 1.82) is 0 Å². The van der Waals surface area contributed by atoms with Gasteiger partial charge in [0, 0.05) is 15.4 Å². The third-order valence-corrected chi connectivity index (χ3v) is 5.66. The van der Waals surface area contributed by atoms with Gasteiger partial charge in [0.25, 0.3) is 0 Å². The minimum absolute atomic E-state index is 0.219. The number of thiophene rings is 1. The molecule has 0 saturated heterocycles. The fourth-order valence-electron chi connectivity index (χ4n) is 2.43. The van der Waals surface area contributed by atoms with Gasteiger partial charge < -0.3 is 5.32 Å². The number of halogens is 1. The summed E-state index contributed by atoms with van der Waals surface area (Å²) in [6.07, 6.45) is 1.03. The zero-order chi connectivity index (χ0) is 15.5. The van der Waals surface area contributed by atoms with Gasteiger partial charge in [-0.3, -0.25) is 0 Å². The molecule has 0 bridgehead atoms. The fourth-order valence-corrected chi connectivity index (χ4v) is 4.16. The predicted octanol–water partition coefficient (Wildman–Crippen LogP) is 5.70. The first-order chi connectivity index (χ1) is 9.91. The maximum Gasteiger partial charge on any atom is 0.0467 e. The molecule has 1 heterocycles. The molecule has 21 heavy (non-hydrogen) atoms. The zero-order valence-corrected chi connectivity index (χ0v) is 15.6. The lowest BCUT2D eigenvalue weighted by Crippen LogP contribution is -2.22. The van der Waals surface area contributed by atoms with Gasteiger partial charge in [-0.15, -0.1) is 11.3 Å². The highest BCUT2D eigenvalue weighted by atomic mass is 79.9. The normalized spacial score (nSPS) is 13.4. The van der Waals surface area contributed by atoms with Crippen LogP contribution in [0.4, 0.5) is 0 Å². The first kappa shape index (κ1) is 16.7. The first-order valence-electron chi connectivity index (χ1n) is 7.47. The Balaban J connectivity index is 2.16. The van der Waals surface area contributed by atoms with E-state index in [2.05, 4.69) is 84.7 Å². The van der Waals surface area contributed by atoms with Crippen molar-refractivity contribution in [3.63, 3.8) is 0 Å². The summed E-state index contributed by atoms with van der Waals surface area (Å²) in [5, 5.41) is 5.74. The standard InChI is InChI=1S/C18H24BrNS/c1-5-20-16(17-15(19)10-11-21-17)12-13-6-8-14(9-7-13)18(2,3)4/h6-11,16,20H,5,12H2,1-4H3. The third kappa shape index (κ3) is 4.41. The van der Waals surface area contributed by atoms with E-state index in [0.717, 1.165) is 13.0 Å². The molecule has 0 amide bonds. The van der Waals surface area contributed by atoms with Crippen molar-refractivity contribution in [3.8, 4) is 0 Å². The van der Waals surface area contributed by atoms with E-state index in [1.54, 1.807) is 0 Å². The quantitative estimate of drug-likeness (QED) is 0.716. The number of likely N-dealkylation sites (N-methyl/N-ethyl adjacent to an activating group) is 1. The van der Waals surface area contributed by atoms with Crippen molar-refractivity contribution in [2.75, 3.05) is 6.54 Å². The Morgan fingerprint density at radius 2 is 1.81 bits per heavy atom. The molecule has 1 aromatic carbocycles. The molecule has 2 aromatic rings. The van der Waals surface area contributed by atoms with Crippen molar-refractivity contribution >= 4 is 27.3 Å². The highest BCUT2D eigenvalue weighted by Crippen LogP contribution is 2.31. The Hall–Kier alpha value is -0.640. The summed E-state index contributed by atoms with van der Waals surface area (Å²) in [6, 6.07) is 11.6. The summed E-state index contributed by atoms with van der Waals surface area (Å²) in [7, 11) is 0. The molecule has 2 rings (SSSR count). The van der Waals surface area contributed by atoms with Crippen molar-refractivity contribution < 1.29 is 0 Å². The fraction of sp³-hybridized carbons (Fsp3) is 0.444. The molecule has 0 saturated carbocycles. The van der Waals surface area contributed by atoms with E-state index in [9.17, 15) is 0 Å². The molecule has 114 valence electrons. The van der Waals surface area contributed by atoms with Crippen molar-refractivity contribution in [2.24, 2.45) is 0 Å². The molecule has 1 nitrogen and oxygen atoms in total. The molecule has 3 heteroatoms. The smallest absolute Gasteiger partial charge is 0.0467 e. The van der Waals surface area contributed by atoms with Crippen LogP contribution in [-0.4, -0.2) is 6.54 Å². The summed E-state index contributed by atoms with van der Waals surface area (Å²) >= 11 is 5.47. The highest BCUT2D eigenvalue weighted by molar-refractivity contribution is 9.10. The first-order valence-corrected chi connectivity index (χ1v) is 9.14. The molecule has 1 unspecified atom stereocenters.